The molecule has 0 aliphatic carbocycles. The number of ether oxygens (including phenoxy) is 1. The Bertz CT molecular complexity index is 423. The van der Waals surface area contributed by atoms with Crippen molar-refractivity contribution >= 4 is 28.6 Å². The number of nitriles is 1. The Morgan fingerprint density at radius 1 is 1.64 bits per heavy atom. The molecule has 0 atom stereocenters. The highest BCUT2D eigenvalue weighted by Gasteiger charge is 2.15. The van der Waals surface area contributed by atoms with Gasteiger partial charge in [0.2, 0.25) is 0 Å². The van der Waals surface area contributed by atoms with Gasteiger partial charge in [-0.05, 0) is 34.7 Å². The van der Waals surface area contributed by atoms with Gasteiger partial charge in [-0.1, -0.05) is 0 Å². The second-order valence-electron chi connectivity index (χ2n) is 2.45. The van der Waals surface area contributed by atoms with Crippen LogP contribution in [0.1, 0.15) is 15.9 Å². The van der Waals surface area contributed by atoms with Gasteiger partial charge in [-0.15, -0.1) is 0 Å². The number of carbonyl (C=O) groups is 1. The molecule has 1 N–H and O–H groups in total. The Morgan fingerprint density at radius 3 is 2.79 bits per heavy atom. The van der Waals surface area contributed by atoms with Crippen LogP contribution in [-0.2, 0) is 4.74 Å². The third kappa shape index (κ3) is 1.96. The molecular formula is C9H6INO3. The third-order valence-electron chi connectivity index (χ3n) is 1.60. The van der Waals surface area contributed by atoms with Gasteiger partial charge in [-0.3, -0.25) is 0 Å². The molecule has 72 valence electrons. The molecule has 4 nitrogen and oxygen atoms in total. The van der Waals surface area contributed by atoms with E-state index in [2.05, 4.69) is 4.74 Å². The van der Waals surface area contributed by atoms with Crippen LogP contribution in [0.15, 0.2) is 12.1 Å². The lowest BCUT2D eigenvalue weighted by Gasteiger charge is -2.04. The van der Waals surface area contributed by atoms with Crippen molar-refractivity contribution < 1.29 is 14.6 Å². The number of benzene rings is 1. The fourth-order valence-corrected chi connectivity index (χ4v) is 1.57. The van der Waals surface area contributed by atoms with Crippen molar-refractivity contribution in [3.05, 3.63) is 26.8 Å². The second kappa shape index (κ2) is 4.28. The maximum absolute atomic E-state index is 11.2. The van der Waals surface area contributed by atoms with E-state index in [-0.39, 0.29) is 16.9 Å². The number of nitrogens with zero attached hydrogens (tertiary/aromatic N) is 1. The van der Waals surface area contributed by atoms with Gasteiger partial charge in [-0.25, -0.2) is 4.79 Å². The van der Waals surface area contributed by atoms with E-state index in [1.54, 1.807) is 6.07 Å². The highest BCUT2D eigenvalue weighted by molar-refractivity contribution is 14.1. The Labute approximate surface area is 94.2 Å². The number of aromatic hydroxyl groups is 1. The van der Waals surface area contributed by atoms with E-state index in [0.29, 0.717) is 3.57 Å². The molecule has 0 amide bonds. The molecule has 1 aromatic rings. The van der Waals surface area contributed by atoms with Crippen molar-refractivity contribution in [3.8, 4) is 11.8 Å². The van der Waals surface area contributed by atoms with Gasteiger partial charge in [0.05, 0.1) is 12.7 Å². The van der Waals surface area contributed by atoms with E-state index in [1.807, 2.05) is 22.6 Å². The summed E-state index contributed by atoms with van der Waals surface area (Å²) in [6, 6.07) is 4.74. The van der Waals surface area contributed by atoms with Crippen LogP contribution in [0.4, 0.5) is 0 Å². The molecule has 0 aliphatic rings. The van der Waals surface area contributed by atoms with Crippen LogP contribution >= 0.6 is 22.6 Å². The van der Waals surface area contributed by atoms with Crippen LogP contribution in [0.25, 0.3) is 0 Å². The molecular weight excluding hydrogens is 297 g/mol. The molecule has 14 heavy (non-hydrogen) atoms. The predicted octanol–water partition coefficient (Wildman–Crippen LogP) is 1.66. The summed E-state index contributed by atoms with van der Waals surface area (Å²) in [4.78, 5) is 11.2. The Hall–Kier alpha value is -1.29. The molecule has 1 aromatic carbocycles. The highest BCUT2D eigenvalue weighted by atomic mass is 127. The van der Waals surface area contributed by atoms with Gasteiger partial charge in [-0.2, -0.15) is 5.26 Å². The van der Waals surface area contributed by atoms with Crippen molar-refractivity contribution in [2.75, 3.05) is 7.11 Å². The van der Waals surface area contributed by atoms with Crippen LogP contribution < -0.4 is 0 Å². The van der Waals surface area contributed by atoms with Gasteiger partial charge in [0.25, 0.3) is 0 Å². The Kier molecular flexibility index (Phi) is 3.30. The number of carbonyl (C=O) groups excluding carboxylic acids is 1. The zero-order valence-electron chi connectivity index (χ0n) is 7.24. The maximum atomic E-state index is 11.2. The molecule has 0 saturated heterocycles. The number of hydrogen-bond donors (Lipinski definition) is 1. The summed E-state index contributed by atoms with van der Waals surface area (Å²) >= 11 is 1.95. The fourth-order valence-electron chi connectivity index (χ4n) is 0.950. The zero-order valence-corrected chi connectivity index (χ0v) is 9.40. The van der Waals surface area contributed by atoms with Crippen LogP contribution in [0.5, 0.6) is 5.75 Å². The van der Waals surface area contributed by atoms with E-state index < -0.39 is 5.97 Å². The quantitative estimate of drug-likeness (QED) is 0.632. The fraction of sp³-hybridized carbons (Fsp3) is 0.111. The monoisotopic (exact) mass is 303 g/mol. The first-order chi connectivity index (χ1) is 6.60. The first-order valence-electron chi connectivity index (χ1n) is 3.61. The molecule has 0 fully saturated rings. The SMILES string of the molecule is COC(=O)c1cc(I)cc(C#N)c1O. The molecule has 0 aromatic heterocycles. The van der Waals surface area contributed by atoms with E-state index in [1.165, 1.54) is 19.2 Å². The summed E-state index contributed by atoms with van der Waals surface area (Å²) in [6.07, 6.45) is 0. The minimum atomic E-state index is -0.655. The summed E-state index contributed by atoms with van der Waals surface area (Å²) in [6.45, 7) is 0. The lowest BCUT2D eigenvalue weighted by atomic mass is 10.1. The Balaban J connectivity index is 3.38. The van der Waals surface area contributed by atoms with E-state index in [9.17, 15) is 9.90 Å². The largest absolute Gasteiger partial charge is 0.506 e. The predicted molar refractivity (Wildman–Crippen MR) is 56.9 cm³/mol. The molecule has 0 spiro atoms. The van der Waals surface area contributed by atoms with Crippen LogP contribution in [0.2, 0.25) is 0 Å². The zero-order chi connectivity index (χ0) is 10.7. The number of methoxy groups -OCH3 is 1. The first-order valence-corrected chi connectivity index (χ1v) is 4.69. The molecule has 0 saturated carbocycles. The molecule has 0 unspecified atom stereocenters. The molecule has 1 rings (SSSR count). The van der Waals surface area contributed by atoms with Crippen LogP contribution in [0, 0.1) is 14.9 Å². The normalized spacial score (nSPS) is 9.21. The van der Waals surface area contributed by atoms with Crippen molar-refractivity contribution in [2.45, 2.75) is 0 Å². The van der Waals surface area contributed by atoms with Gasteiger partial charge in [0.15, 0.2) is 0 Å². The number of rotatable bonds is 1. The van der Waals surface area contributed by atoms with Gasteiger partial charge >= 0.3 is 5.97 Å². The topological polar surface area (TPSA) is 70.3 Å². The summed E-state index contributed by atoms with van der Waals surface area (Å²) in [5.74, 6) is -0.989. The molecule has 5 heteroatoms. The summed E-state index contributed by atoms with van der Waals surface area (Å²) in [5, 5.41) is 18.1. The summed E-state index contributed by atoms with van der Waals surface area (Å²) in [5.41, 5.74) is 0.0771. The minimum absolute atomic E-state index is 0.0101. The van der Waals surface area contributed by atoms with Crippen molar-refractivity contribution in [1.82, 2.24) is 0 Å². The lowest BCUT2D eigenvalue weighted by molar-refractivity contribution is 0.0597. The van der Waals surface area contributed by atoms with E-state index in [0.717, 1.165) is 0 Å². The second-order valence-corrected chi connectivity index (χ2v) is 3.70. The van der Waals surface area contributed by atoms with Crippen molar-refractivity contribution in [3.63, 3.8) is 0 Å². The highest BCUT2D eigenvalue weighted by Crippen LogP contribution is 2.25. The molecule has 0 aliphatic heterocycles. The van der Waals surface area contributed by atoms with Gasteiger partial charge in [0, 0.05) is 3.57 Å². The number of hydrogen-bond acceptors (Lipinski definition) is 4. The first kappa shape index (κ1) is 10.8. The van der Waals surface area contributed by atoms with Crippen LogP contribution in [0.3, 0.4) is 0 Å². The maximum Gasteiger partial charge on any atom is 0.341 e. The molecule has 0 bridgehead atoms. The number of esters is 1. The lowest BCUT2D eigenvalue weighted by Crippen LogP contribution is -2.03. The number of halogens is 1. The number of phenols is 1. The summed E-state index contributed by atoms with van der Waals surface area (Å²) < 4.78 is 5.15. The third-order valence-corrected chi connectivity index (χ3v) is 2.22. The standard InChI is InChI=1S/C9H6INO3/c1-14-9(13)7-3-6(10)2-5(4-11)8(7)12/h2-3,12H,1H3. The van der Waals surface area contributed by atoms with E-state index in [4.69, 9.17) is 5.26 Å². The summed E-state index contributed by atoms with van der Waals surface area (Å²) in [7, 11) is 1.22. The van der Waals surface area contributed by atoms with Gasteiger partial charge in [0.1, 0.15) is 17.4 Å². The van der Waals surface area contributed by atoms with Crippen molar-refractivity contribution in [1.29, 1.82) is 5.26 Å². The molecule has 0 heterocycles. The average molecular weight is 303 g/mol. The van der Waals surface area contributed by atoms with Gasteiger partial charge < -0.3 is 9.84 Å². The average Bonchev–Trinajstić information content (AvgIpc) is 2.19. The smallest absolute Gasteiger partial charge is 0.341 e. The minimum Gasteiger partial charge on any atom is -0.506 e. The van der Waals surface area contributed by atoms with Crippen LogP contribution in [-0.4, -0.2) is 18.2 Å². The molecule has 0 radical (unpaired) electrons. The van der Waals surface area contributed by atoms with E-state index >= 15 is 0 Å². The number of phenolic OH excluding ortho intramolecular Hbond substituents is 1. The van der Waals surface area contributed by atoms with Crippen molar-refractivity contribution in [2.24, 2.45) is 0 Å². The Morgan fingerprint density at radius 2 is 2.29 bits per heavy atom.